The average Bonchev–Trinajstić information content (AvgIpc) is 3.09. The van der Waals surface area contributed by atoms with E-state index in [1.807, 2.05) is 0 Å². The minimum absolute atomic E-state index is 0.0165. The highest BCUT2D eigenvalue weighted by Gasteiger charge is 2.26. The average molecular weight is 484 g/mol. The molecule has 3 heterocycles. The third-order valence-electron chi connectivity index (χ3n) is 4.68. The molecule has 1 saturated heterocycles. The number of H-pyrrole nitrogens is 1. The van der Waals surface area contributed by atoms with Gasteiger partial charge in [0.15, 0.2) is 15.3 Å². The first-order valence-corrected chi connectivity index (χ1v) is 11.4. The van der Waals surface area contributed by atoms with Crippen molar-refractivity contribution in [1.82, 2.24) is 14.3 Å². The van der Waals surface area contributed by atoms with Gasteiger partial charge in [0.2, 0.25) is 18.2 Å². The molecule has 162 valence electrons. The first-order valence-electron chi connectivity index (χ1n) is 9.39. The van der Waals surface area contributed by atoms with Gasteiger partial charge in [-0.3, -0.25) is 4.79 Å². The predicted molar refractivity (Wildman–Crippen MR) is 116 cm³/mol. The number of nitrogen functional groups attached to an aromatic ring is 1. The molecule has 3 aromatic rings. The molecule has 4 rings (SSSR count). The zero-order valence-corrected chi connectivity index (χ0v) is 18.5. The van der Waals surface area contributed by atoms with Gasteiger partial charge in [-0.05, 0) is 36.9 Å². The van der Waals surface area contributed by atoms with Gasteiger partial charge >= 0.3 is 0 Å². The summed E-state index contributed by atoms with van der Waals surface area (Å²) >= 11 is 8.43. The lowest BCUT2D eigenvalue weighted by molar-refractivity contribution is -0.382. The molecule has 4 N–H and O–H groups in total. The minimum atomic E-state index is -0.927. The van der Waals surface area contributed by atoms with Crippen molar-refractivity contribution >= 4 is 51.6 Å². The Bertz CT molecular complexity index is 1090. The lowest BCUT2D eigenvalue weighted by Gasteiger charge is -2.30. The Morgan fingerprint density at radius 2 is 1.97 bits per heavy atom. The van der Waals surface area contributed by atoms with Gasteiger partial charge in [0, 0.05) is 19.1 Å². The minimum Gasteiger partial charge on any atom is -0.382 e. The Kier molecular flexibility index (Phi) is 6.65. The molecule has 0 unspecified atom stereocenters. The Balaban J connectivity index is 1.37. The van der Waals surface area contributed by atoms with Crippen LogP contribution in [0, 0.1) is 11.6 Å². The summed E-state index contributed by atoms with van der Waals surface area (Å²) in [5.41, 5.74) is 5.24. The number of nitrogens with one attached hydrogen (secondary N) is 2. The SMILES string of the molecule is Nc1nc(NC2CCN(Sc3c[nH+]cc(Cl)n3)CC2)sc1C(=O)c1c(F)cccc1F. The Hall–Kier alpha value is -2.34. The number of hydrogen-bond acceptors (Lipinski definition) is 8. The second-order valence-electron chi connectivity index (χ2n) is 6.83. The van der Waals surface area contributed by atoms with Crippen molar-refractivity contribution in [3.63, 3.8) is 0 Å². The van der Waals surface area contributed by atoms with Gasteiger partial charge < -0.3 is 11.1 Å². The number of carbonyl (C=O) groups excluding carboxylic acids is 1. The van der Waals surface area contributed by atoms with Crippen LogP contribution in [0.4, 0.5) is 19.7 Å². The number of anilines is 2. The summed E-state index contributed by atoms with van der Waals surface area (Å²) in [4.78, 5) is 24.0. The molecule has 12 heteroatoms. The molecular weight excluding hydrogens is 466 g/mol. The second-order valence-corrected chi connectivity index (χ2v) is 9.33. The molecule has 1 aromatic carbocycles. The number of ketones is 1. The number of rotatable bonds is 6. The number of piperidine rings is 1. The van der Waals surface area contributed by atoms with E-state index in [2.05, 4.69) is 24.6 Å². The lowest BCUT2D eigenvalue weighted by atomic mass is 10.1. The Morgan fingerprint density at radius 3 is 2.65 bits per heavy atom. The van der Waals surface area contributed by atoms with Crippen molar-refractivity contribution in [3.05, 3.63) is 57.8 Å². The molecule has 7 nitrogen and oxygen atoms in total. The zero-order valence-electron chi connectivity index (χ0n) is 16.1. The third-order valence-corrected chi connectivity index (χ3v) is 6.89. The molecule has 0 bridgehead atoms. The largest absolute Gasteiger partial charge is 0.382 e. The summed E-state index contributed by atoms with van der Waals surface area (Å²) in [6, 6.07) is 3.41. The van der Waals surface area contributed by atoms with E-state index in [4.69, 9.17) is 17.3 Å². The molecule has 0 saturated carbocycles. The van der Waals surface area contributed by atoms with Crippen LogP contribution in [-0.4, -0.2) is 39.2 Å². The van der Waals surface area contributed by atoms with Crippen LogP contribution in [0.1, 0.15) is 28.1 Å². The van der Waals surface area contributed by atoms with E-state index < -0.39 is 23.0 Å². The summed E-state index contributed by atoms with van der Waals surface area (Å²) in [6.45, 7) is 1.62. The van der Waals surface area contributed by atoms with Crippen molar-refractivity contribution in [1.29, 1.82) is 0 Å². The van der Waals surface area contributed by atoms with E-state index >= 15 is 0 Å². The summed E-state index contributed by atoms with van der Waals surface area (Å²) in [7, 11) is 0. The Labute approximate surface area is 190 Å². The normalized spacial score (nSPS) is 15.2. The Morgan fingerprint density at radius 1 is 1.26 bits per heavy atom. The number of benzene rings is 1. The molecule has 2 aromatic heterocycles. The van der Waals surface area contributed by atoms with Crippen LogP contribution >= 0.6 is 34.9 Å². The standard InChI is InChI=1S/C19H17ClF2N6OS2/c20-13-8-24-9-14(26-13)31-28-6-4-10(5-7-28)25-19-27-18(23)17(30-19)16(29)15-11(21)2-1-3-12(15)22/h1-3,8-10H,4-7,23H2,(H,25,27)/p+1. The predicted octanol–water partition coefficient (Wildman–Crippen LogP) is 3.68. The van der Waals surface area contributed by atoms with Crippen LogP contribution in [0.25, 0.3) is 0 Å². The van der Waals surface area contributed by atoms with Gasteiger partial charge in [-0.1, -0.05) is 29.0 Å². The molecule has 1 aliphatic rings. The van der Waals surface area contributed by atoms with Crippen molar-refractivity contribution in [2.24, 2.45) is 0 Å². The molecule has 1 aliphatic heterocycles. The smallest absolute Gasteiger partial charge is 0.212 e. The van der Waals surface area contributed by atoms with E-state index in [9.17, 15) is 13.6 Å². The molecule has 1 fully saturated rings. The van der Waals surface area contributed by atoms with Crippen molar-refractivity contribution in [2.45, 2.75) is 23.9 Å². The fraction of sp³-hybridized carbons (Fsp3) is 0.263. The zero-order chi connectivity index (χ0) is 22.0. The number of nitrogens with two attached hydrogens (primary N) is 1. The summed E-state index contributed by atoms with van der Waals surface area (Å²) in [6.07, 6.45) is 5.07. The van der Waals surface area contributed by atoms with E-state index in [-0.39, 0.29) is 16.7 Å². The maximum absolute atomic E-state index is 14.0. The maximum atomic E-state index is 14.0. The van der Waals surface area contributed by atoms with Crippen LogP contribution in [0.3, 0.4) is 0 Å². The highest BCUT2D eigenvalue weighted by molar-refractivity contribution is 7.97. The molecule has 0 amide bonds. The monoisotopic (exact) mass is 483 g/mol. The molecule has 0 spiro atoms. The molecule has 0 radical (unpaired) electrons. The number of hydrogen-bond donors (Lipinski definition) is 2. The molecule has 31 heavy (non-hydrogen) atoms. The number of aromatic nitrogens is 3. The fourth-order valence-corrected chi connectivity index (χ4v) is 5.21. The van der Waals surface area contributed by atoms with E-state index in [0.717, 1.165) is 54.4 Å². The van der Waals surface area contributed by atoms with E-state index in [1.54, 1.807) is 12.4 Å². The van der Waals surface area contributed by atoms with E-state index in [1.165, 1.54) is 18.0 Å². The number of thiazole rings is 1. The van der Waals surface area contributed by atoms with Gasteiger partial charge in [0.25, 0.3) is 0 Å². The quantitative estimate of drug-likeness (QED) is 0.407. The van der Waals surface area contributed by atoms with Gasteiger partial charge in [0.1, 0.15) is 22.3 Å². The first kappa shape index (κ1) is 21.9. The number of nitrogens with zero attached hydrogens (tertiary/aromatic N) is 3. The lowest BCUT2D eigenvalue weighted by Crippen LogP contribution is -2.35. The summed E-state index contributed by atoms with van der Waals surface area (Å²) in [5.74, 6) is -2.71. The van der Waals surface area contributed by atoms with Crippen LogP contribution < -0.4 is 16.0 Å². The van der Waals surface area contributed by atoms with Crippen LogP contribution in [0.5, 0.6) is 0 Å². The second kappa shape index (κ2) is 9.43. The maximum Gasteiger partial charge on any atom is 0.212 e. The van der Waals surface area contributed by atoms with Crippen molar-refractivity contribution in [3.8, 4) is 0 Å². The van der Waals surface area contributed by atoms with Crippen molar-refractivity contribution < 1.29 is 18.6 Å². The number of halogens is 3. The van der Waals surface area contributed by atoms with Crippen LogP contribution in [0.15, 0.2) is 35.6 Å². The first-order chi connectivity index (χ1) is 14.9. The topological polar surface area (TPSA) is 98.3 Å². The van der Waals surface area contributed by atoms with Gasteiger partial charge in [0.05, 0.1) is 5.56 Å². The van der Waals surface area contributed by atoms with Gasteiger partial charge in [-0.25, -0.2) is 28.0 Å². The molecule has 0 atom stereocenters. The third kappa shape index (κ3) is 5.12. The molecular formula is C19H18ClF2N6OS2+. The van der Waals surface area contributed by atoms with Gasteiger partial charge in [-0.2, -0.15) is 0 Å². The van der Waals surface area contributed by atoms with Crippen LogP contribution in [0.2, 0.25) is 5.15 Å². The highest BCUT2D eigenvalue weighted by atomic mass is 35.5. The fourth-order valence-electron chi connectivity index (χ4n) is 3.18. The highest BCUT2D eigenvalue weighted by Crippen LogP contribution is 2.31. The van der Waals surface area contributed by atoms with Gasteiger partial charge in [-0.15, -0.1) is 0 Å². The van der Waals surface area contributed by atoms with Crippen LogP contribution in [-0.2, 0) is 0 Å². The van der Waals surface area contributed by atoms with E-state index in [0.29, 0.717) is 10.3 Å². The number of aromatic amines is 1. The molecule has 0 aliphatic carbocycles. The number of carbonyl (C=O) groups is 1. The summed E-state index contributed by atoms with van der Waals surface area (Å²) in [5, 5.41) is 4.93. The van der Waals surface area contributed by atoms with Crippen molar-refractivity contribution in [2.75, 3.05) is 24.1 Å². The summed E-state index contributed by atoms with van der Waals surface area (Å²) < 4.78 is 30.1.